The molecular weight excluding hydrogens is 980 g/mol. The predicted octanol–water partition coefficient (Wildman–Crippen LogP) is 6.71. The molecular formula is C49H81N3O18P2. The van der Waals surface area contributed by atoms with Gasteiger partial charge in [-0.3, -0.25) is 23.2 Å². The Kier molecular flexibility index (Phi) is 32.5. The van der Waals surface area contributed by atoms with Gasteiger partial charge in [-0.15, -0.1) is 0 Å². The highest BCUT2D eigenvalue weighted by molar-refractivity contribution is 7.61. The van der Waals surface area contributed by atoms with E-state index in [1.54, 1.807) is 36.5 Å². The van der Waals surface area contributed by atoms with Crippen LogP contribution in [-0.4, -0.2) is 119 Å². The number of aliphatic hydroxyl groups is 5. The second-order valence-electron chi connectivity index (χ2n) is 18.0. The molecule has 410 valence electrons. The van der Waals surface area contributed by atoms with Crippen LogP contribution < -0.4 is 11.4 Å². The van der Waals surface area contributed by atoms with Gasteiger partial charge in [0.2, 0.25) is 0 Å². The molecule has 2 heterocycles. The summed E-state index contributed by atoms with van der Waals surface area (Å²) in [5.74, 6) is -0.908. The number of ether oxygens (including phenoxy) is 3. The average molecular weight is 1060 g/mol. The molecule has 10 atom stereocenters. The first-order chi connectivity index (χ1) is 34.2. The lowest BCUT2D eigenvalue weighted by atomic mass is 10.0. The molecule has 0 aliphatic carbocycles. The van der Waals surface area contributed by atoms with Crippen molar-refractivity contribution in [3.8, 4) is 0 Å². The first kappa shape index (κ1) is 64.5. The number of carbonyl (C=O) groups is 2. The number of anilines is 1. The number of aromatic nitrogens is 2. The van der Waals surface area contributed by atoms with Gasteiger partial charge < -0.3 is 55.3 Å². The number of aliphatic hydroxyl groups excluding tert-OH is 5. The van der Waals surface area contributed by atoms with E-state index in [1.165, 1.54) is 63.2 Å². The van der Waals surface area contributed by atoms with E-state index < -0.39 is 102 Å². The van der Waals surface area contributed by atoms with Gasteiger partial charge in [0.15, 0.2) is 12.3 Å². The Labute approximate surface area is 423 Å². The second kappa shape index (κ2) is 36.3. The number of nitrogens with two attached hydrogens (primary N) is 1. The van der Waals surface area contributed by atoms with Crippen LogP contribution in [0, 0.1) is 5.92 Å². The summed E-state index contributed by atoms with van der Waals surface area (Å²) >= 11 is 0. The van der Waals surface area contributed by atoms with Gasteiger partial charge in [0, 0.05) is 19.0 Å². The van der Waals surface area contributed by atoms with Crippen LogP contribution in [-0.2, 0) is 46.3 Å². The van der Waals surface area contributed by atoms with E-state index in [4.69, 9.17) is 29.0 Å². The van der Waals surface area contributed by atoms with E-state index >= 15 is 0 Å². The van der Waals surface area contributed by atoms with Crippen LogP contribution in [0.25, 0.3) is 0 Å². The topological polar surface area (TPSA) is 326 Å². The molecule has 2 unspecified atom stereocenters. The lowest BCUT2D eigenvalue weighted by Crippen LogP contribution is -2.36. The predicted molar refractivity (Wildman–Crippen MR) is 270 cm³/mol. The van der Waals surface area contributed by atoms with E-state index in [1.807, 2.05) is 19.1 Å². The lowest BCUT2D eigenvalue weighted by Gasteiger charge is -2.21. The van der Waals surface area contributed by atoms with Crippen molar-refractivity contribution in [2.45, 2.75) is 185 Å². The van der Waals surface area contributed by atoms with Crippen molar-refractivity contribution in [2.75, 3.05) is 25.6 Å². The number of nitrogens with zero attached hydrogens (tertiary/aromatic N) is 2. The van der Waals surface area contributed by atoms with E-state index in [-0.39, 0.29) is 31.5 Å². The fraction of sp³-hybridized carbons (Fsp3) is 0.673. The molecule has 9 N–H and O–H groups in total. The summed E-state index contributed by atoms with van der Waals surface area (Å²) in [6.45, 7) is 3.90. The van der Waals surface area contributed by atoms with Crippen LogP contribution in [0.5, 0.6) is 0 Å². The maximum absolute atomic E-state index is 12.9. The van der Waals surface area contributed by atoms with Crippen LogP contribution in [0.1, 0.15) is 143 Å². The first-order valence-electron chi connectivity index (χ1n) is 25.0. The van der Waals surface area contributed by atoms with E-state index in [9.17, 15) is 58.8 Å². The number of phosphoric acid groups is 2. The molecule has 0 spiro atoms. The first-order valence-corrected chi connectivity index (χ1v) is 28.0. The van der Waals surface area contributed by atoms with Crippen LogP contribution in [0.2, 0.25) is 0 Å². The normalized spacial score (nSPS) is 21.0. The van der Waals surface area contributed by atoms with Crippen molar-refractivity contribution in [1.29, 1.82) is 0 Å². The molecule has 0 bridgehead atoms. The summed E-state index contributed by atoms with van der Waals surface area (Å²) in [4.78, 5) is 61.9. The second-order valence-corrected chi connectivity index (χ2v) is 21.0. The third kappa shape index (κ3) is 29.3. The minimum atomic E-state index is -5.52. The van der Waals surface area contributed by atoms with Gasteiger partial charge >= 0.3 is 33.3 Å². The lowest BCUT2D eigenvalue weighted by molar-refractivity contribution is -0.161. The number of hydrogen-bond acceptors (Lipinski definition) is 18. The molecule has 1 aliphatic rings. The van der Waals surface area contributed by atoms with Gasteiger partial charge in [-0.25, -0.2) is 13.9 Å². The van der Waals surface area contributed by atoms with Crippen LogP contribution >= 0.6 is 15.6 Å². The number of carbonyl (C=O) groups excluding carboxylic acids is 2. The zero-order chi connectivity index (χ0) is 53.4. The molecule has 0 saturated carbocycles. The van der Waals surface area contributed by atoms with Crippen molar-refractivity contribution in [3.63, 3.8) is 0 Å². The number of unbranched alkanes of at least 4 members (excludes halogenated alkanes) is 10. The number of phosphoric ester groups is 2. The Morgan fingerprint density at radius 3 is 1.99 bits per heavy atom. The summed E-state index contributed by atoms with van der Waals surface area (Å²) in [7, 11) is -11.0. The van der Waals surface area contributed by atoms with Crippen molar-refractivity contribution in [2.24, 2.45) is 5.92 Å². The third-order valence-electron chi connectivity index (χ3n) is 11.1. The number of allylic oxidation sites excluding steroid dienone is 7. The molecule has 1 fully saturated rings. The Morgan fingerprint density at radius 1 is 0.778 bits per heavy atom. The van der Waals surface area contributed by atoms with E-state index in [0.717, 1.165) is 48.8 Å². The smallest absolute Gasteiger partial charge is 0.462 e. The number of nitrogen functional groups attached to an aromatic ring is 1. The minimum Gasteiger partial charge on any atom is -0.462 e. The van der Waals surface area contributed by atoms with Gasteiger partial charge in [0.1, 0.15) is 30.7 Å². The highest BCUT2D eigenvalue weighted by Gasteiger charge is 2.46. The largest absolute Gasteiger partial charge is 0.481 e. The summed E-state index contributed by atoms with van der Waals surface area (Å²) < 4.78 is 56.4. The monoisotopic (exact) mass is 1060 g/mol. The van der Waals surface area contributed by atoms with Gasteiger partial charge in [0.05, 0.1) is 31.5 Å². The van der Waals surface area contributed by atoms with Crippen molar-refractivity contribution in [1.82, 2.24) is 9.55 Å². The molecule has 1 aromatic heterocycles. The summed E-state index contributed by atoms with van der Waals surface area (Å²) in [6, 6.07) is 1.22. The Morgan fingerprint density at radius 2 is 1.36 bits per heavy atom. The van der Waals surface area contributed by atoms with Gasteiger partial charge in [-0.1, -0.05) is 152 Å². The highest BCUT2D eigenvalue weighted by atomic mass is 31.3. The third-order valence-corrected chi connectivity index (χ3v) is 13.7. The maximum Gasteiger partial charge on any atom is 0.481 e. The van der Waals surface area contributed by atoms with Crippen LogP contribution in [0.3, 0.4) is 0 Å². The molecule has 0 aromatic carbocycles. The molecule has 1 saturated heterocycles. The molecule has 23 heteroatoms. The molecule has 1 aliphatic heterocycles. The SMILES string of the molecule is CC/C=C\C[C@H](O)/C=C/C=C/C=C\C=C/[C@@H](O)[C@H](O)CCCC(=O)O[C@H](COC(=O)CCCCCCCCCCCCCC(C)C)COP(=O)(O)OP(=O)(O)OC[C@H]1O[C@@H](n2ccc(N)nc2=O)[C@H](O)[C@@H]1O. The van der Waals surface area contributed by atoms with Crippen molar-refractivity contribution >= 4 is 33.4 Å². The summed E-state index contributed by atoms with van der Waals surface area (Å²) in [5.41, 5.74) is 4.55. The Hall–Kier alpha value is -3.66. The molecule has 0 amide bonds. The quantitative estimate of drug-likeness (QED) is 0.0112. The molecule has 1 aromatic rings. The van der Waals surface area contributed by atoms with Crippen molar-refractivity contribution in [3.05, 3.63) is 83.5 Å². The summed E-state index contributed by atoms with van der Waals surface area (Å²) in [6.07, 6.45) is 21.1. The Bertz CT molecular complexity index is 2010. The average Bonchev–Trinajstić information content (AvgIpc) is 3.59. The van der Waals surface area contributed by atoms with Crippen LogP contribution in [0.15, 0.2) is 77.8 Å². The fourth-order valence-electron chi connectivity index (χ4n) is 7.13. The zero-order valence-corrected chi connectivity index (χ0v) is 43.7. The number of hydrogen-bond donors (Lipinski definition) is 8. The molecule has 2 rings (SSSR count). The summed E-state index contributed by atoms with van der Waals surface area (Å²) in [5, 5.41) is 51.6. The maximum atomic E-state index is 12.9. The zero-order valence-electron chi connectivity index (χ0n) is 42.0. The fourth-order valence-corrected chi connectivity index (χ4v) is 9.24. The van der Waals surface area contributed by atoms with Crippen molar-refractivity contribution < 1.29 is 81.6 Å². The van der Waals surface area contributed by atoms with Crippen LogP contribution in [0.4, 0.5) is 5.82 Å². The minimum absolute atomic E-state index is 0.0269. The van der Waals surface area contributed by atoms with Gasteiger partial charge in [0.25, 0.3) is 0 Å². The number of esters is 2. The van der Waals surface area contributed by atoms with Gasteiger partial charge in [-0.2, -0.15) is 9.29 Å². The Balaban J connectivity index is 1.90. The highest BCUT2D eigenvalue weighted by Crippen LogP contribution is 2.60. The number of rotatable bonds is 39. The molecule has 0 radical (unpaired) electrons. The molecule has 72 heavy (non-hydrogen) atoms. The van der Waals surface area contributed by atoms with E-state index in [0.29, 0.717) is 12.8 Å². The van der Waals surface area contributed by atoms with Gasteiger partial charge in [-0.05, 0) is 44.1 Å². The standard InChI is InChI=1S/C49H81N3O18P2/c1-4-5-19-26-38(53)27-21-16-13-14-17-22-28-40(54)41(55)29-24-31-45(57)68-39(34-65-44(56)30-23-18-12-10-8-6-7-9-11-15-20-25-37(2)3)35-66-71(61,62)70-72(63,64)67-36-42-46(58)47(59)48(69-42)52-33-32-43(50)51-49(52)60/h5,13-14,16-17,19,21-22,27-28,32-33,37-42,46-48,53-55,58-59H,4,6-12,15,18,20,23-26,29-31,34-36H2,1-3H3,(H,61,62)(H,63,64)(H2,50,51,60)/b16-13+,17-14-,19-5-,27-21+,28-22-/t38-,39+,40+,41+,42+,46+,47+,48+/m0/s1. The van der Waals surface area contributed by atoms with E-state index in [2.05, 4.69) is 23.1 Å². The molecule has 21 nitrogen and oxygen atoms in total.